The standard InChI is InChI=1S/C30H33F2N7O4/c1-37(27(40)24(9-17-4-5-17)39-14-22(35-36-39)18-6-7-18)23(8-16-2-3-16)28(41)38-15-30(12-20(38)13-33)29(42)34-26-21(32)10-19(31)11-25(26)43-30/h10-11,14,16-18,20,23-24H,2-9,12,15H2,1H3,(H,34,42)/t20-,23?,24?,30+/m0/s1. The van der Waals surface area contributed by atoms with E-state index in [9.17, 15) is 28.4 Å². The number of amides is 3. The number of ether oxygens (including phenoxy) is 1. The largest absolute Gasteiger partial charge is 0.473 e. The highest BCUT2D eigenvalue weighted by Gasteiger charge is 2.57. The number of halogens is 2. The van der Waals surface area contributed by atoms with E-state index >= 15 is 0 Å². The molecule has 3 amide bonds. The molecule has 2 aromatic rings. The summed E-state index contributed by atoms with van der Waals surface area (Å²) in [6.45, 7) is -0.296. The van der Waals surface area contributed by atoms with E-state index in [1.54, 1.807) is 11.7 Å². The Balaban J connectivity index is 1.15. The maximum Gasteiger partial charge on any atom is 0.270 e. The molecule has 7 rings (SSSR count). The van der Waals surface area contributed by atoms with Gasteiger partial charge in [-0.25, -0.2) is 13.5 Å². The Bertz CT molecular complexity index is 1530. The van der Waals surface area contributed by atoms with E-state index in [1.165, 1.54) is 9.80 Å². The molecule has 1 spiro atoms. The molecular weight excluding hydrogens is 560 g/mol. The van der Waals surface area contributed by atoms with Crippen molar-refractivity contribution in [3.05, 3.63) is 35.7 Å². The molecular formula is C30H33F2N7O4. The number of benzene rings is 1. The normalized spacial score (nSPS) is 25.9. The van der Waals surface area contributed by atoms with E-state index in [2.05, 4.69) is 21.7 Å². The molecule has 1 aromatic carbocycles. The molecule has 226 valence electrons. The number of hydrogen-bond donors (Lipinski definition) is 1. The predicted octanol–water partition coefficient (Wildman–Crippen LogP) is 3.30. The van der Waals surface area contributed by atoms with Gasteiger partial charge >= 0.3 is 0 Å². The first-order valence-electron chi connectivity index (χ1n) is 15.0. The molecule has 1 saturated heterocycles. The molecule has 0 bridgehead atoms. The molecule has 3 heterocycles. The van der Waals surface area contributed by atoms with Gasteiger partial charge in [-0.3, -0.25) is 14.4 Å². The molecule has 2 aliphatic heterocycles. The van der Waals surface area contributed by atoms with Gasteiger partial charge in [0.25, 0.3) is 5.91 Å². The Kier molecular flexibility index (Phi) is 6.63. The number of rotatable bonds is 9. The number of anilines is 1. The first-order chi connectivity index (χ1) is 20.7. The summed E-state index contributed by atoms with van der Waals surface area (Å²) < 4.78 is 35.9. The third kappa shape index (κ3) is 5.21. The fraction of sp³-hybridized carbons (Fsp3) is 0.600. The second-order valence-corrected chi connectivity index (χ2v) is 12.9. The number of carbonyl (C=O) groups excluding carboxylic acids is 3. The smallest absolute Gasteiger partial charge is 0.270 e. The second-order valence-electron chi connectivity index (χ2n) is 12.9. The molecule has 0 radical (unpaired) electrons. The SMILES string of the molecule is CN(C(=O)C(CC1CC1)n1cc(C2CC2)nn1)C(CC1CC1)C(=O)N1C[C@@]2(C[C@H]1C#N)Oc1cc(F)cc(F)c1NC2=O. The van der Waals surface area contributed by atoms with Crippen LogP contribution in [0.15, 0.2) is 18.3 Å². The van der Waals surface area contributed by atoms with Crippen molar-refractivity contribution >= 4 is 23.4 Å². The van der Waals surface area contributed by atoms with Crippen LogP contribution in [-0.4, -0.2) is 73.8 Å². The third-order valence-corrected chi connectivity index (χ3v) is 9.47. The molecule has 5 aliphatic rings. The van der Waals surface area contributed by atoms with Crippen LogP contribution in [0, 0.1) is 34.8 Å². The number of likely N-dealkylation sites (tertiary alicyclic amines) is 1. The van der Waals surface area contributed by atoms with Crippen molar-refractivity contribution in [3.8, 4) is 11.8 Å². The number of nitrogens with zero attached hydrogens (tertiary/aromatic N) is 6. The lowest BCUT2D eigenvalue weighted by Gasteiger charge is -2.36. The first kappa shape index (κ1) is 27.7. The van der Waals surface area contributed by atoms with Crippen LogP contribution in [0.3, 0.4) is 0 Å². The van der Waals surface area contributed by atoms with Crippen LogP contribution >= 0.6 is 0 Å². The predicted molar refractivity (Wildman–Crippen MR) is 146 cm³/mol. The van der Waals surface area contributed by atoms with Gasteiger partial charge in [-0.1, -0.05) is 30.9 Å². The lowest BCUT2D eigenvalue weighted by molar-refractivity contribution is -0.148. The summed E-state index contributed by atoms with van der Waals surface area (Å²) in [5, 5.41) is 21.1. The Hall–Kier alpha value is -4.08. The van der Waals surface area contributed by atoms with E-state index in [4.69, 9.17) is 4.74 Å². The van der Waals surface area contributed by atoms with Gasteiger partial charge in [0.1, 0.15) is 29.6 Å². The average molecular weight is 594 g/mol. The van der Waals surface area contributed by atoms with Crippen LogP contribution in [-0.2, 0) is 14.4 Å². The van der Waals surface area contributed by atoms with E-state index in [1.807, 2.05) is 6.20 Å². The minimum Gasteiger partial charge on any atom is -0.473 e. The van der Waals surface area contributed by atoms with Gasteiger partial charge in [-0.05, 0) is 37.5 Å². The summed E-state index contributed by atoms with van der Waals surface area (Å²) in [6.07, 6.45) is 8.80. The van der Waals surface area contributed by atoms with Gasteiger partial charge in [0.15, 0.2) is 11.6 Å². The van der Waals surface area contributed by atoms with Gasteiger partial charge in [-0.15, -0.1) is 5.10 Å². The van der Waals surface area contributed by atoms with Crippen LogP contribution in [0.5, 0.6) is 5.75 Å². The minimum atomic E-state index is -1.70. The molecule has 1 aromatic heterocycles. The van der Waals surface area contributed by atoms with Crippen LogP contribution in [0.25, 0.3) is 0 Å². The first-order valence-corrected chi connectivity index (χ1v) is 15.0. The monoisotopic (exact) mass is 593 g/mol. The highest BCUT2D eigenvalue weighted by molar-refractivity contribution is 6.02. The van der Waals surface area contributed by atoms with Crippen LogP contribution in [0.4, 0.5) is 14.5 Å². The van der Waals surface area contributed by atoms with Crippen molar-refractivity contribution in [2.75, 3.05) is 18.9 Å². The number of nitriles is 1. The third-order valence-electron chi connectivity index (χ3n) is 9.47. The van der Waals surface area contributed by atoms with E-state index in [0.717, 1.165) is 50.3 Å². The Morgan fingerprint density at radius 1 is 1.19 bits per heavy atom. The average Bonchev–Trinajstić information content (AvgIpc) is 3.90. The van der Waals surface area contributed by atoms with Crippen molar-refractivity contribution < 1.29 is 27.9 Å². The maximum absolute atomic E-state index is 14.3. The highest BCUT2D eigenvalue weighted by Crippen LogP contribution is 2.44. The van der Waals surface area contributed by atoms with Gasteiger partial charge in [0, 0.05) is 37.7 Å². The van der Waals surface area contributed by atoms with Crippen molar-refractivity contribution in [3.63, 3.8) is 0 Å². The molecule has 3 saturated carbocycles. The fourth-order valence-electron chi connectivity index (χ4n) is 6.37. The molecule has 13 heteroatoms. The van der Waals surface area contributed by atoms with Crippen molar-refractivity contribution in [2.24, 2.45) is 11.8 Å². The molecule has 4 atom stereocenters. The van der Waals surface area contributed by atoms with Gasteiger partial charge in [-0.2, -0.15) is 5.26 Å². The summed E-state index contributed by atoms with van der Waals surface area (Å²) >= 11 is 0. The van der Waals surface area contributed by atoms with Crippen LogP contribution in [0.1, 0.15) is 75.4 Å². The summed E-state index contributed by atoms with van der Waals surface area (Å²) in [5.41, 5.74) is -1.11. The molecule has 11 nitrogen and oxygen atoms in total. The number of fused-ring (bicyclic) bond motifs is 1. The molecule has 3 aliphatic carbocycles. The zero-order valence-electron chi connectivity index (χ0n) is 23.8. The molecule has 43 heavy (non-hydrogen) atoms. The summed E-state index contributed by atoms with van der Waals surface area (Å²) in [6, 6.07) is 1.20. The molecule has 4 fully saturated rings. The lowest BCUT2D eigenvalue weighted by Crippen LogP contribution is -2.56. The van der Waals surface area contributed by atoms with Crippen molar-refractivity contribution in [1.82, 2.24) is 24.8 Å². The van der Waals surface area contributed by atoms with Gasteiger partial charge in [0.2, 0.25) is 17.4 Å². The number of aromatic nitrogens is 3. The van der Waals surface area contributed by atoms with Crippen LogP contribution < -0.4 is 10.1 Å². The summed E-state index contributed by atoms with van der Waals surface area (Å²) in [4.78, 5) is 44.3. The van der Waals surface area contributed by atoms with E-state index < -0.39 is 47.2 Å². The van der Waals surface area contributed by atoms with Gasteiger partial charge in [0.05, 0.1) is 18.3 Å². The number of carbonyl (C=O) groups is 3. The van der Waals surface area contributed by atoms with Gasteiger partial charge < -0.3 is 19.9 Å². The fourth-order valence-corrected chi connectivity index (χ4v) is 6.37. The van der Waals surface area contributed by atoms with Crippen molar-refractivity contribution in [2.45, 2.75) is 87.4 Å². The van der Waals surface area contributed by atoms with Crippen LogP contribution in [0.2, 0.25) is 0 Å². The summed E-state index contributed by atoms with van der Waals surface area (Å²) in [5.74, 6) is -2.42. The zero-order chi connectivity index (χ0) is 30.0. The molecule has 1 N–H and O–H groups in total. The Morgan fingerprint density at radius 3 is 2.58 bits per heavy atom. The van der Waals surface area contributed by atoms with Crippen molar-refractivity contribution in [1.29, 1.82) is 5.26 Å². The number of hydrogen-bond acceptors (Lipinski definition) is 7. The lowest BCUT2D eigenvalue weighted by atomic mass is 9.97. The highest BCUT2D eigenvalue weighted by atomic mass is 19.1. The summed E-state index contributed by atoms with van der Waals surface area (Å²) in [7, 11) is 1.62. The Labute approximate surface area is 247 Å². The molecule has 2 unspecified atom stereocenters. The second kappa shape index (κ2) is 10.3. The number of likely N-dealkylation sites (N-methyl/N-ethyl adjacent to an activating group) is 1. The quantitative estimate of drug-likeness (QED) is 0.472. The van der Waals surface area contributed by atoms with E-state index in [0.29, 0.717) is 30.7 Å². The number of nitrogens with one attached hydrogen (secondary N) is 1. The minimum absolute atomic E-state index is 0.181. The zero-order valence-corrected chi connectivity index (χ0v) is 23.8. The topological polar surface area (TPSA) is 133 Å². The maximum atomic E-state index is 14.3. The van der Waals surface area contributed by atoms with E-state index in [-0.39, 0.29) is 36.2 Å². The Morgan fingerprint density at radius 2 is 1.91 bits per heavy atom.